The van der Waals surface area contributed by atoms with Crippen molar-refractivity contribution in [1.82, 2.24) is 10.2 Å². The summed E-state index contributed by atoms with van der Waals surface area (Å²) in [7, 11) is 4.15. The predicted molar refractivity (Wildman–Crippen MR) is 107 cm³/mol. The van der Waals surface area contributed by atoms with Gasteiger partial charge in [-0.1, -0.05) is 36.4 Å². The van der Waals surface area contributed by atoms with Gasteiger partial charge in [-0.3, -0.25) is 0 Å². The third-order valence-corrected chi connectivity index (χ3v) is 3.59. The lowest BCUT2D eigenvalue weighted by atomic mass is 10.2. The van der Waals surface area contributed by atoms with Crippen molar-refractivity contribution in [2.45, 2.75) is 19.6 Å². The Kier molecular flexibility index (Phi) is 12.3. The van der Waals surface area contributed by atoms with Gasteiger partial charge in [-0.25, -0.2) is 4.39 Å². The largest absolute Gasteiger partial charge is 0.488 e. The van der Waals surface area contributed by atoms with Crippen LogP contribution in [-0.2, 0) is 13.2 Å². The van der Waals surface area contributed by atoms with Crippen LogP contribution in [0.5, 0.6) is 5.75 Å². The first kappa shape index (κ1) is 23.7. The zero-order valence-corrected chi connectivity index (χ0v) is 16.3. The van der Waals surface area contributed by atoms with E-state index in [0.717, 1.165) is 37.4 Å². The fourth-order valence-electron chi connectivity index (χ4n) is 2.30. The first-order chi connectivity index (χ1) is 11.2. The first-order valence-corrected chi connectivity index (χ1v) is 7.96. The molecule has 0 heterocycles. The maximum Gasteiger partial charge on any atom is 0.129 e. The summed E-state index contributed by atoms with van der Waals surface area (Å²) in [5.74, 6) is 0.572. The van der Waals surface area contributed by atoms with E-state index in [-0.39, 0.29) is 37.2 Å². The van der Waals surface area contributed by atoms with Crippen LogP contribution < -0.4 is 10.1 Å². The van der Waals surface area contributed by atoms with E-state index in [9.17, 15) is 4.39 Å². The van der Waals surface area contributed by atoms with Gasteiger partial charge in [0.1, 0.15) is 18.2 Å². The third-order valence-electron chi connectivity index (χ3n) is 3.59. The number of nitrogens with one attached hydrogen (secondary N) is 1. The predicted octanol–water partition coefficient (Wildman–Crippen LogP) is 4.29. The van der Waals surface area contributed by atoms with Crippen LogP contribution in [0, 0.1) is 5.82 Å². The van der Waals surface area contributed by atoms with Gasteiger partial charge in [0.25, 0.3) is 0 Å². The van der Waals surface area contributed by atoms with Crippen LogP contribution in [0.3, 0.4) is 0 Å². The molecule has 25 heavy (non-hydrogen) atoms. The molecule has 0 aliphatic heterocycles. The molecule has 0 aromatic heterocycles. The molecule has 0 amide bonds. The molecule has 140 valence electrons. The highest BCUT2D eigenvalue weighted by atomic mass is 35.5. The summed E-state index contributed by atoms with van der Waals surface area (Å²) >= 11 is 0. The van der Waals surface area contributed by atoms with Gasteiger partial charge in [0.05, 0.1) is 0 Å². The Balaban J connectivity index is 0.00000288. The Morgan fingerprint density at radius 2 is 1.60 bits per heavy atom. The van der Waals surface area contributed by atoms with Crippen LogP contribution in [0.15, 0.2) is 48.5 Å². The monoisotopic (exact) mass is 388 g/mol. The van der Waals surface area contributed by atoms with E-state index in [1.165, 1.54) is 6.07 Å². The molecule has 1 N–H and O–H groups in total. The molecule has 2 rings (SSSR count). The smallest absolute Gasteiger partial charge is 0.129 e. The molecule has 0 spiro atoms. The lowest BCUT2D eigenvalue weighted by Gasteiger charge is -2.13. The second kappa shape index (κ2) is 13.0. The van der Waals surface area contributed by atoms with Gasteiger partial charge >= 0.3 is 0 Å². The van der Waals surface area contributed by atoms with Crippen LogP contribution in [0.1, 0.15) is 17.5 Å². The molecule has 6 heteroatoms. The molecular formula is C19H27Cl2FN2O. The highest BCUT2D eigenvalue weighted by Crippen LogP contribution is 2.20. The Hall–Kier alpha value is -1.33. The molecule has 0 aliphatic rings. The Labute approximate surface area is 162 Å². The number of para-hydroxylation sites is 1. The van der Waals surface area contributed by atoms with E-state index < -0.39 is 0 Å². The maximum atomic E-state index is 13.6. The van der Waals surface area contributed by atoms with Crippen LogP contribution in [-0.4, -0.2) is 32.1 Å². The second-order valence-corrected chi connectivity index (χ2v) is 5.82. The summed E-state index contributed by atoms with van der Waals surface area (Å²) in [6.45, 7) is 3.02. The molecule has 2 aromatic carbocycles. The molecule has 0 atom stereocenters. The molecule has 0 saturated heterocycles. The average molecular weight is 389 g/mol. The minimum atomic E-state index is -0.230. The highest BCUT2D eigenvalue weighted by Gasteiger charge is 2.05. The fourth-order valence-corrected chi connectivity index (χ4v) is 2.30. The number of hydrogen-bond acceptors (Lipinski definition) is 3. The van der Waals surface area contributed by atoms with E-state index in [1.807, 2.05) is 30.3 Å². The van der Waals surface area contributed by atoms with Gasteiger partial charge < -0.3 is 15.0 Å². The van der Waals surface area contributed by atoms with Crippen LogP contribution in [0.4, 0.5) is 4.39 Å². The summed E-state index contributed by atoms with van der Waals surface area (Å²) in [5.41, 5.74) is 1.66. The Morgan fingerprint density at radius 1 is 0.960 bits per heavy atom. The van der Waals surface area contributed by atoms with Crippen LogP contribution in [0.2, 0.25) is 0 Å². The van der Waals surface area contributed by atoms with E-state index in [0.29, 0.717) is 5.56 Å². The molecule has 0 radical (unpaired) electrons. The van der Waals surface area contributed by atoms with Crippen molar-refractivity contribution in [2.75, 3.05) is 27.2 Å². The Bertz CT molecular complexity index is 611. The van der Waals surface area contributed by atoms with Gasteiger partial charge in [0, 0.05) is 17.7 Å². The second-order valence-electron chi connectivity index (χ2n) is 5.82. The number of hydrogen-bond donors (Lipinski definition) is 1. The van der Waals surface area contributed by atoms with Crippen LogP contribution >= 0.6 is 24.8 Å². The number of nitrogens with zero attached hydrogens (tertiary/aromatic N) is 1. The van der Waals surface area contributed by atoms with Gasteiger partial charge in [-0.2, -0.15) is 0 Å². The zero-order chi connectivity index (χ0) is 16.5. The summed E-state index contributed by atoms with van der Waals surface area (Å²) in [6, 6.07) is 14.6. The summed E-state index contributed by atoms with van der Waals surface area (Å²) in [4.78, 5) is 2.17. The number of benzene rings is 2. The van der Waals surface area contributed by atoms with Gasteiger partial charge in [0.2, 0.25) is 0 Å². The minimum absolute atomic E-state index is 0. The molecule has 0 aliphatic carbocycles. The van der Waals surface area contributed by atoms with Gasteiger partial charge in [-0.15, -0.1) is 24.8 Å². The summed E-state index contributed by atoms with van der Waals surface area (Å²) in [6.07, 6.45) is 1.10. The third kappa shape index (κ3) is 8.54. The first-order valence-electron chi connectivity index (χ1n) is 7.96. The van der Waals surface area contributed by atoms with Crippen molar-refractivity contribution < 1.29 is 9.13 Å². The zero-order valence-electron chi connectivity index (χ0n) is 14.7. The molecule has 0 saturated carbocycles. The SMILES string of the molecule is CN(C)CCCNCc1ccccc1OCc1ccccc1F.Cl.Cl. The molecule has 0 bridgehead atoms. The van der Waals surface area contributed by atoms with E-state index >= 15 is 0 Å². The molecule has 0 unspecified atom stereocenters. The average Bonchev–Trinajstić information content (AvgIpc) is 2.54. The van der Waals surface area contributed by atoms with Gasteiger partial charge in [0.15, 0.2) is 0 Å². The number of rotatable bonds is 9. The normalized spacial score (nSPS) is 10.1. The van der Waals surface area contributed by atoms with Crippen molar-refractivity contribution in [3.63, 3.8) is 0 Å². The molecular weight excluding hydrogens is 362 g/mol. The summed E-state index contributed by atoms with van der Waals surface area (Å²) in [5, 5.41) is 3.43. The summed E-state index contributed by atoms with van der Waals surface area (Å²) < 4.78 is 19.5. The van der Waals surface area contributed by atoms with Crippen molar-refractivity contribution in [2.24, 2.45) is 0 Å². The molecule has 2 aromatic rings. The van der Waals surface area contributed by atoms with E-state index in [2.05, 4.69) is 24.3 Å². The highest BCUT2D eigenvalue weighted by molar-refractivity contribution is 5.85. The van der Waals surface area contributed by atoms with Crippen molar-refractivity contribution in [3.8, 4) is 5.75 Å². The molecule has 0 fully saturated rings. The van der Waals surface area contributed by atoms with Crippen LogP contribution in [0.25, 0.3) is 0 Å². The van der Waals surface area contributed by atoms with E-state index in [1.54, 1.807) is 12.1 Å². The minimum Gasteiger partial charge on any atom is -0.488 e. The standard InChI is InChI=1S/C19H25FN2O.2ClH/c1-22(2)13-7-12-21-14-16-8-4-6-11-19(16)23-15-17-9-3-5-10-18(17)20;;/h3-6,8-11,21H,7,12-15H2,1-2H3;2*1H. The lowest BCUT2D eigenvalue weighted by molar-refractivity contribution is 0.296. The maximum absolute atomic E-state index is 13.6. The lowest BCUT2D eigenvalue weighted by Crippen LogP contribution is -2.21. The Morgan fingerprint density at radius 3 is 2.28 bits per heavy atom. The van der Waals surface area contributed by atoms with Gasteiger partial charge in [-0.05, 0) is 45.7 Å². The van der Waals surface area contributed by atoms with E-state index in [4.69, 9.17) is 4.74 Å². The van der Waals surface area contributed by atoms with Crippen molar-refractivity contribution in [1.29, 1.82) is 0 Å². The quantitative estimate of drug-likeness (QED) is 0.648. The fraction of sp³-hybridized carbons (Fsp3) is 0.368. The van der Waals surface area contributed by atoms with Crippen molar-refractivity contribution in [3.05, 3.63) is 65.5 Å². The number of halogens is 3. The van der Waals surface area contributed by atoms with Crippen molar-refractivity contribution >= 4 is 24.8 Å². The number of ether oxygens (including phenoxy) is 1. The topological polar surface area (TPSA) is 24.5 Å². The molecule has 3 nitrogen and oxygen atoms in total.